The van der Waals surface area contributed by atoms with Gasteiger partial charge in [0.15, 0.2) is 5.58 Å². The van der Waals surface area contributed by atoms with E-state index in [1.807, 2.05) is 24.0 Å². The zero-order valence-electron chi connectivity index (χ0n) is 14.6. The first-order chi connectivity index (χ1) is 11.5. The number of aryl methyl sites for hydroxylation is 1. The number of oxazole rings is 1. The fraction of sp³-hybridized carbons (Fsp3) is 0.556. The van der Waals surface area contributed by atoms with Gasteiger partial charge in [-0.3, -0.25) is 9.36 Å². The monoisotopic (exact) mass is 331 g/mol. The van der Waals surface area contributed by atoms with Gasteiger partial charge >= 0.3 is 5.76 Å². The quantitative estimate of drug-likeness (QED) is 0.861. The highest BCUT2D eigenvalue weighted by Crippen LogP contribution is 2.17. The van der Waals surface area contributed by atoms with Crippen LogP contribution in [0, 0.1) is 6.92 Å². The number of hydrogen-bond donors (Lipinski definition) is 0. The van der Waals surface area contributed by atoms with E-state index in [1.165, 1.54) is 4.57 Å². The third-order valence-electron chi connectivity index (χ3n) is 4.90. The summed E-state index contributed by atoms with van der Waals surface area (Å²) in [6.45, 7) is 3.50. The maximum absolute atomic E-state index is 12.7. The van der Waals surface area contributed by atoms with Crippen molar-refractivity contribution in [2.24, 2.45) is 0 Å². The second kappa shape index (κ2) is 6.81. The van der Waals surface area contributed by atoms with E-state index >= 15 is 0 Å². The molecule has 1 atom stereocenters. The van der Waals surface area contributed by atoms with Crippen molar-refractivity contribution in [1.82, 2.24) is 14.4 Å². The normalized spacial score (nSPS) is 19.0. The minimum absolute atomic E-state index is 0.0132. The van der Waals surface area contributed by atoms with Crippen LogP contribution in [0.3, 0.4) is 0 Å². The van der Waals surface area contributed by atoms with Gasteiger partial charge in [0, 0.05) is 19.1 Å². The fourth-order valence-electron chi connectivity index (χ4n) is 3.40. The fourth-order valence-corrected chi connectivity index (χ4v) is 3.40. The van der Waals surface area contributed by atoms with Crippen LogP contribution in [0.1, 0.15) is 24.8 Å². The predicted octanol–water partition coefficient (Wildman–Crippen LogP) is 1.85. The first-order valence-corrected chi connectivity index (χ1v) is 8.50. The Morgan fingerprint density at radius 1 is 1.29 bits per heavy atom. The summed E-state index contributed by atoms with van der Waals surface area (Å²) in [6, 6.07) is 6.08. The van der Waals surface area contributed by atoms with Gasteiger partial charge in [-0.05, 0) is 58.0 Å². The van der Waals surface area contributed by atoms with Crippen LogP contribution in [0.15, 0.2) is 27.4 Å². The van der Waals surface area contributed by atoms with Gasteiger partial charge < -0.3 is 14.2 Å². The van der Waals surface area contributed by atoms with Crippen LogP contribution in [0.25, 0.3) is 11.1 Å². The summed E-state index contributed by atoms with van der Waals surface area (Å²) in [7, 11) is 4.17. The van der Waals surface area contributed by atoms with Crippen molar-refractivity contribution in [3.8, 4) is 0 Å². The zero-order valence-corrected chi connectivity index (χ0v) is 14.6. The molecule has 0 spiro atoms. The second-order valence-corrected chi connectivity index (χ2v) is 6.85. The average Bonchev–Trinajstić information content (AvgIpc) is 2.73. The summed E-state index contributed by atoms with van der Waals surface area (Å²) in [5.74, 6) is -0.481. The van der Waals surface area contributed by atoms with Gasteiger partial charge in [0.25, 0.3) is 0 Å². The molecule has 2 heterocycles. The largest absolute Gasteiger partial charge is 0.420 e. The lowest BCUT2D eigenvalue weighted by atomic mass is 10.1. The lowest BCUT2D eigenvalue weighted by molar-refractivity contribution is -0.131. The number of aromatic nitrogens is 1. The maximum atomic E-state index is 12.7. The van der Waals surface area contributed by atoms with Crippen molar-refractivity contribution in [1.29, 1.82) is 0 Å². The molecule has 1 aliphatic rings. The van der Waals surface area contributed by atoms with Crippen LogP contribution in [-0.4, -0.2) is 53.5 Å². The van der Waals surface area contributed by atoms with E-state index < -0.39 is 5.76 Å². The molecule has 0 aliphatic carbocycles. The van der Waals surface area contributed by atoms with Crippen molar-refractivity contribution < 1.29 is 9.21 Å². The van der Waals surface area contributed by atoms with Crippen LogP contribution in [0.4, 0.5) is 0 Å². The topological polar surface area (TPSA) is 58.7 Å². The summed E-state index contributed by atoms with van der Waals surface area (Å²) < 4.78 is 6.69. The molecule has 1 saturated heterocycles. The lowest BCUT2D eigenvalue weighted by Gasteiger charge is -2.23. The van der Waals surface area contributed by atoms with Crippen molar-refractivity contribution in [2.45, 2.75) is 38.8 Å². The molecule has 0 bridgehead atoms. The van der Waals surface area contributed by atoms with E-state index in [0.29, 0.717) is 17.1 Å². The lowest BCUT2D eigenvalue weighted by Crippen LogP contribution is -2.37. The third kappa shape index (κ3) is 3.38. The van der Waals surface area contributed by atoms with Gasteiger partial charge in [0.2, 0.25) is 5.91 Å². The molecule has 2 aromatic rings. The molecule has 6 heteroatoms. The summed E-state index contributed by atoms with van der Waals surface area (Å²) in [4.78, 5) is 28.9. The van der Waals surface area contributed by atoms with Crippen molar-refractivity contribution >= 4 is 17.0 Å². The van der Waals surface area contributed by atoms with E-state index in [-0.39, 0.29) is 12.5 Å². The summed E-state index contributed by atoms with van der Waals surface area (Å²) >= 11 is 0. The van der Waals surface area contributed by atoms with Gasteiger partial charge in [-0.15, -0.1) is 0 Å². The number of hydrogen-bond acceptors (Lipinski definition) is 4. The van der Waals surface area contributed by atoms with E-state index in [9.17, 15) is 9.59 Å². The number of fused-ring (bicyclic) bond motifs is 1. The smallest absolute Gasteiger partial charge is 0.408 e. The number of nitrogens with zero attached hydrogens (tertiary/aromatic N) is 3. The summed E-state index contributed by atoms with van der Waals surface area (Å²) in [5, 5.41) is 0. The number of likely N-dealkylation sites (tertiary alicyclic amines) is 1. The Bertz CT molecular complexity index is 790. The number of carbonyl (C=O) groups excluding carboxylic acids is 1. The molecule has 1 aliphatic heterocycles. The highest BCUT2D eigenvalue weighted by atomic mass is 16.4. The second-order valence-electron chi connectivity index (χ2n) is 6.85. The van der Waals surface area contributed by atoms with E-state index in [0.717, 1.165) is 37.9 Å². The Hall–Kier alpha value is -2.08. The molecule has 6 nitrogen and oxygen atoms in total. The molecular formula is C18H25N3O3. The standard InChI is InChI=1S/C18H25N3O3/c1-13-6-7-16-15(11-13)21(18(23)24-16)12-17(22)20-9-4-5-14(8-10-20)19(2)3/h6-7,11,14H,4-5,8-10,12H2,1-3H3/t14-/m1/s1. The highest BCUT2D eigenvalue weighted by molar-refractivity contribution is 5.80. The maximum Gasteiger partial charge on any atom is 0.420 e. The predicted molar refractivity (Wildman–Crippen MR) is 93.1 cm³/mol. The SMILES string of the molecule is Cc1ccc2oc(=O)n(CC(=O)N3CCC[C@@H](N(C)C)CC3)c2c1. The van der Waals surface area contributed by atoms with Crippen molar-refractivity contribution in [3.63, 3.8) is 0 Å². The van der Waals surface area contributed by atoms with Crippen molar-refractivity contribution in [3.05, 3.63) is 34.3 Å². The highest BCUT2D eigenvalue weighted by Gasteiger charge is 2.23. The Balaban J connectivity index is 1.76. The van der Waals surface area contributed by atoms with Gasteiger partial charge in [0.05, 0.1) is 5.52 Å². The summed E-state index contributed by atoms with van der Waals surface area (Å²) in [5.41, 5.74) is 2.25. The number of amides is 1. The number of carbonyl (C=O) groups is 1. The van der Waals surface area contributed by atoms with Gasteiger partial charge in [-0.1, -0.05) is 6.07 Å². The Labute approximate surface area is 141 Å². The molecule has 130 valence electrons. The first kappa shape index (κ1) is 16.8. The molecule has 24 heavy (non-hydrogen) atoms. The van der Waals surface area contributed by atoms with Crippen LogP contribution < -0.4 is 5.76 Å². The number of benzene rings is 1. The Kier molecular flexibility index (Phi) is 4.76. The van der Waals surface area contributed by atoms with E-state index in [2.05, 4.69) is 19.0 Å². The van der Waals surface area contributed by atoms with Crippen molar-refractivity contribution in [2.75, 3.05) is 27.2 Å². The molecule has 0 radical (unpaired) electrons. The van der Waals surface area contributed by atoms with Gasteiger partial charge in [-0.25, -0.2) is 4.79 Å². The molecular weight excluding hydrogens is 306 g/mol. The van der Waals surface area contributed by atoms with Crippen LogP contribution in [-0.2, 0) is 11.3 Å². The summed E-state index contributed by atoms with van der Waals surface area (Å²) in [6.07, 6.45) is 3.07. The molecule has 1 aromatic heterocycles. The van der Waals surface area contributed by atoms with E-state index in [1.54, 1.807) is 6.07 Å². The third-order valence-corrected chi connectivity index (χ3v) is 4.90. The molecule has 3 rings (SSSR count). The number of rotatable bonds is 3. The van der Waals surface area contributed by atoms with Gasteiger partial charge in [-0.2, -0.15) is 0 Å². The van der Waals surface area contributed by atoms with E-state index in [4.69, 9.17) is 4.42 Å². The minimum atomic E-state index is -0.468. The van der Waals surface area contributed by atoms with Crippen LogP contribution >= 0.6 is 0 Å². The first-order valence-electron chi connectivity index (χ1n) is 8.50. The van der Waals surface area contributed by atoms with Crippen LogP contribution in [0.5, 0.6) is 0 Å². The molecule has 0 N–H and O–H groups in total. The van der Waals surface area contributed by atoms with Gasteiger partial charge in [0.1, 0.15) is 6.54 Å². The Morgan fingerprint density at radius 2 is 2.08 bits per heavy atom. The molecule has 1 aromatic carbocycles. The minimum Gasteiger partial charge on any atom is -0.408 e. The Morgan fingerprint density at radius 3 is 2.83 bits per heavy atom. The molecule has 1 fully saturated rings. The molecule has 0 saturated carbocycles. The van der Waals surface area contributed by atoms with Crippen LogP contribution in [0.2, 0.25) is 0 Å². The molecule has 0 unspecified atom stereocenters. The average molecular weight is 331 g/mol. The zero-order chi connectivity index (χ0) is 17.3. The molecule has 1 amide bonds.